The number of aromatic nitrogens is 1. The van der Waals surface area contributed by atoms with Gasteiger partial charge in [-0.1, -0.05) is 17.7 Å². The maximum absolute atomic E-state index is 13.0. The molecule has 0 unspecified atom stereocenters. The quantitative estimate of drug-likeness (QED) is 0.593. The minimum Gasteiger partial charge on any atom is -0.464 e. The Labute approximate surface area is 174 Å². The monoisotopic (exact) mass is 413 g/mol. The van der Waals surface area contributed by atoms with E-state index in [-0.39, 0.29) is 5.43 Å². The molecule has 0 radical (unpaired) electrons. The standard InChI is InChI=1S/C22H24ClN3O3/c23-19-3-4-21-20(12-19)22(27)18(16-29-21)15-26(14-17-2-1-5-24-13-17)7-6-25-8-10-28-11-9-25/h1-5,12-13,16H,6-11,14-15H2. The summed E-state index contributed by atoms with van der Waals surface area (Å²) in [6, 6.07) is 9.11. The average molecular weight is 414 g/mol. The van der Waals surface area contributed by atoms with Crippen LogP contribution in [0.15, 0.2) is 58.2 Å². The zero-order chi connectivity index (χ0) is 20.1. The van der Waals surface area contributed by atoms with Crippen LogP contribution in [0.4, 0.5) is 0 Å². The van der Waals surface area contributed by atoms with Crippen molar-refractivity contribution in [3.63, 3.8) is 0 Å². The lowest BCUT2D eigenvalue weighted by molar-refractivity contribution is 0.0324. The predicted octanol–water partition coefficient (Wildman–Crippen LogP) is 3.18. The normalized spacial score (nSPS) is 15.2. The molecule has 29 heavy (non-hydrogen) atoms. The van der Waals surface area contributed by atoms with Crippen LogP contribution in [0.2, 0.25) is 5.02 Å². The second-order valence-corrected chi connectivity index (χ2v) is 7.69. The van der Waals surface area contributed by atoms with Crippen LogP contribution in [0.3, 0.4) is 0 Å². The molecule has 7 heteroatoms. The van der Waals surface area contributed by atoms with Crippen molar-refractivity contribution in [3.8, 4) is 0 Å². The topological polar surface area (TPSA) is 58.8 Å². The van der Waals surface area contributed by atoms with Crippen LogP contribution in [0.5, 0.6) is 0 Å². The van der Waals surface area contributed by atoms with Gasteiger partial charge < -0.3 is 9.15 Å². The van der Waals surface area contributed by atoms with E-state index in [2.05, 4.69) is 20.9 Å². The largest absolute Gasteiger partial charge is 0.464 e. The minimum atomic E-state index is -0.0312. The number of nitrogens with zero attached hydrogens (tertiary/aromatic N) is 3. The van der Waals surface area contributed by atoms with Crippen LogP contribution >= 0.6 is 11.6 Å². The van der Waals surface area contributed by atoms with E-state index in [0.29, 0.717) is 34.6 Å². The number of halogens is 1. The summed E-state index contributed by atoms with van der Waals surface area (Å²) in [4.78, 5) is 21.9. The molecule has 1 aromatic carbocycles. The fourth-order valence-corrected chi connectivity index (χ4v) is 3.74. The Kier molecular flexibility index (Phi) is 6.56. The number of morpholine rings is 1. The fraction of sp³-hybridized carbons (Fsp3) is 0.364. The maximum atomic E-state index is 13.0. The van der Waals surface area contributed by atoms with Gasteiger partial charge in [-0.05, 0) is 29.8 Å². The van der Waals surface area contributed by atoms with Gasteiger partial charge in [0.1, 0.15) is 5.58 Å². The van der Waals surface area contributed by atoms with Gasteiger partial charge in [0.15, 0.2) is 5.43 Å². The zero-order valence-corrected chi connectivity index (χ0v) is 17.0. The summed E-state index contributed by atoms with van der Waals surface area (Å²) < 4.78 is 11.1. The molecule has 0 bridgehead atoms. The van der Waals surface area contributed by atoms with Gasteiger partial charge in [-0.3, -0.25) is 19.6 Å². The molecule has 3 heterocycles. The van der Waals surface area contributed by atoms with Gasteiger partial charge in [-0.25, -0.2) is 0 Å². The SMILES string of the molecule is O=c1c(CN(CCN2CCOCC2)Cc2cccnc2)coc2ccc(Cl)cc12. The first-order valence-electron chi connectivity index (χ1n) is 9.80. The number of benzene rings is 1. The van der Waals surface area contributed by atoms with Crippen molar-refractivity contribution in [2.24, 2.45) is 0 Å². The Morgan fingerprint density at radius 1 is 1.17 bits per heavy atom. The van der Waals surface area contributed by atoms with Crippen LogP contribution < -0.4 is 5.43 Å². The highest BCUT2D eigenvalue weighted by atomic mass is 35.5. The highest BCUT2D eigenvalue weighted by molar-refractivity contribution is 6.31. The van der Waals surface area contributed by atoms with E-state index in [4.69, 9.17) is 20.8 Å². The summed E-state index contributed by atoms with van der Waals surface area (Å²) in [5, 5.41) is 1.05. The van der Waals surface area contributed by atoms with Crippen molar-refractivity contribution in [3.05, 3.63) is 75.4 Å². The van der Waals surface area contributed by atoms with Crippen molar-refractivity contribution in [1.82, 2.24) is 14.8 Å². The second kappa shape index (κ2) is 9.50. The number of ether oxygens (including phenoxy) is 1. The molecule has 4 rings (SSSR count). The van der Waals surface area contributed by atoms with Crippen LogP contribution in [0, 0.1) is 0 Å². The molecule has 1 aliphatic heterocycles. The van der Waals surface area contributed by atoms with Crippen molar-refractivity contribution in [2.45, 2.75) is 13.1 Å². The molecule has 1 saturated heterocycles. The Bertz CT molecular complexity index is 1000. The Morgan fingerprint density at radius 2 is 2.03 bits per heavy atom. The lowest BCUT2D eigenvalue weighted by Crippen LogP contribution is -2.41. The van der Waals surface area contributed by atoms with Gasteiger partial charge in [0.25, 0.3) is 0 Å². The summed E-state index contributed by atoms with van der Waals surface area (Å²) in [6.45, 7) is 6.41. The van der Waals surface area contributed by atoms with Crippen LogP contribution in [0.1, 0.15) is 11.1 Å². The van der Waals surface area contributed by atoms with Crippen molar-refractivity contribution < 1.29 is 9.15 Å². The molecule has 0 saturated carbocycles. The molecule has 0 aliphatic carbocycles. The molecule has 152 valence electrons. The summed E-state index contributed by atoms with van der Waals surface area (Å²) in [5.74, 6) is 0. The smallest absolute Gasteiger partial charge is 0.197 e. The maximum Gasteiger partial charge on any atom is 0.197 e. The first kappa shape index (κ1) is 20.0. The highest BCUT2D eigenvalue weighted by Crippen LogP contribution is 2.18. The van der Waals surface area contributed by atoms with E-state index < -0.39 is 0 Å². The van der Waals surface area contributed by atoms with E-state index in [0.717, 1.165) is 45.0 Å². The van der Waals surface area contributed by atoms with Gasteiger partial charge in [0.05, 0.1) is 24.9 Å². The van der Waals surface area contributed by atoms with Gasteiger partial charge in [0, 0.05) is 62.2 Å². The summed E-state index contributed by atoms with van der Waals surface area (Å²) >= 11 is 6.08. The third-order valence-corrected chi connectivity index (χ3v) is 5.40. The third kappa shape index (κ3) is 5.22. The molecule has 1 aliphatic rings. The molecular weight excluding hydrogens is 390 g/mol. The minimum absolute atomic E-state index is 0.0312. The zero-order valence-electron chi connectivity index (χ0n) is 16.2. The predicted molar refractivity (Wildman–Crippen MR) is 113 cm³/mol. The Balaban J connectivity index is 1.54. The van der Waals surface area contributed by atoms with Gasteiger partial charge in [0.2, 0.25) is 0 Å². The molecule has 0 N–H and O–H groups in total. The first-order chi connectivity index (χ1) is 14.2. The van der Waals surface area contributed by atoms with E-state index >= 15 is 0 Å². The van der Waals surface area contributed by atoms with Crippen molar-refractivity contribution in [1.29, 1.82) is 0 Å². The van der Waals surface area contributed by atoms with E-state index in [1.54, 1.807) is 30.7 Å². The summed E-state index contributed by atoms with van der Waals surface area (Å²) in [5.41, 5.74) is 2.26. The third-order valence-electron chi connectivity index (χ3n) is 5.17. The number of fused-ring (bicyclic) bond motifs is 1. The Morgan fingerprint density at radius 3 is 2.83 bits per heavy atom. The number of hydrogen-bond donors (Lipinski definition) is 0. The van der Waals surface area contributed by atoms with Crippen LogP contribution in [-0.2, 0) is 17.8 Å². The van der Waals surface area contributed by atoms with Gasteiger partial charge in [-0.2, -0.15) is 0 Å². The average Bonchev–Trinajstić information content (AvgIpc) is 2.76. The van der Waals surface area contributed by atoms with Crippen molar-refractivity contribution >= 4 is 22.6 Å². The molecule has 1 fully saturated rings. The molecule has 0 atom stereocenters. The molecule has 0 amide bonds. The molecule has 0 spiro atoms. The molecule has 2 aromatic heterocycles. The van der Waals surface area contributed by atoms with E-state index in [1.165, 1.54) is 0 Å². The lowest BCUT2D eigenvalue weighted by atomic mass is 10.1. The molecular formula is C22H24ClN3O3. The molecule has 3 aromatic rings. The number of hydrogen-bond acceptors (Lipinski definition) is 6. The van der Waals surface area contributed by atoms with Gasteiger partial charge >= 0.3 is 0 Å². The van der Waals surface area contributed by atoms with Crippen LogP contribution in [0.25, 0.3) is 11.0 Å². The fourth-order valence-electron chi connectivity index (χ4n) is 3.56. The highest BCUT2D eigenvalue weighted by Gasteiger charge is 2.16. The van der Waals surface area contributed by atoms with E-state index in [9.17, 15) is 4.79 Å². The number of rotatable bonds is 7. The summed E-state index contributed by atoms with van der Waals surface area (Å²) in [7, 11) is 0. The Hall–Kier alpha value is -2.25. The number of pyridine rings is 1. The molecule has 6 nitrogen and oxygen atoms in total. The first-order valence-corrected chi connectivity index (χ1v) is 10.2. The van der Waals surface area contributed by atoms with Gasteiger partial charge in [-0.15, -0.1) is 0 Å². The second-order valence-electron chi connectivity index (χ2n) is 7.26. The van der Waals surface area contributed by atoms with Crippen molar-refractivity contribution in [2.75, 3.05) is 39.4 Å². The van der Waals surface area contributed by atoms with E-state index in [1.807, 2.05) is 12.3 Å². The van der Waals surface area contributed by atoms with Crippen LogP contribution in [-0.4, -0.2) is 54.2 Å². The summed E-state index contributed by atoms with van der Waals surface area (Å²) in [6.07, 6.45) is 5.21. The lowest BCUT2D eigenvalue weighted by Gasteiger charge is -2.30.